The molecule has 0 aromatic carbocycles. The van der Waals surface area contributed by atoms with Gasteiger partial charge in [-0.3, -0.25) is 4.79 Å². The molecule has 0 saturated heterocycles. The SMILES string of the molecule is C=CCn1c(C)cc(C(=O)COC(=O)/C=C/c2cc(C)n(C3CC3)c2C)c1C. The van der Waals surface area contributed by atoms with Crippen molar-refractivity contribution in [1.29, 1.82) is 0 Å². The Hall–Kier alpha value is -2.82. The Labute approximate surface area is 166 Å². The highest BCUT2D eigenvalue weighted by atomic mass is 16.5. The van der Waals surface area contributed by atoms with E-state index in [-0.39, 0.29) is 12.4 Å². The van der Waals surface area contributed by atoms with Crippen LogP contribution in [-0.2, 0) is 16.1 Å². The molecule has 28 heavy (non-hydrogen) atoms. The minimum Gasteiger partial charge on any atom is -0.454 e. The van der Waals surface area contributed by atoms with E-state index < -0.39 is 5.97 Å². The Morgan fingerprint density at radius 2 is 1.86 bits per heavy atom. The molecule has 1 aliphatic carbocycles. The van der Waals surface area contributed by atoms with Crippen molar-refractivity contribution in [3.8, 4) is 0 Å². The van der Waals surface area contributed by atoms with Crippen LogP contribution < -0.4 is 0 Å². The van der Waals surface area contributed by atoms with Gasteiger partial charge in [0, 0.05) is 47.0 Å². The topological polar surface area (TPSA) is 53.2 Å². The van der Waals surface area contributed by atoms with Gasteiger partial charge < -0.3 is 13.9 Å². The van der Waals surface area contributed by atoms with Crippen LogP contribution in [0.2, 0.25) is 0 Å². The van der Waals surface area contributed by atoms with Crippen LogP contribution >= 0.6 is 0 Å². The first kappa shape index (κ1) is 19.9. The zero-order chi connectivity index (χ0) is 20.4. The fourth-order valence-electron chi connectivity index (χ4n) is 3.78. The summed E-state index contributed by atoms with van der Waals surface area (Å²) in [6.45, 7) is 12.1. The number of nitrogens with zero attached hydrogens (tertiary/aromatic N) is 2. The van der Waals surface area contributed by atoms with Gasteiger partial charge in [-0.1, -0.05) is 6.08 Å². The molecule has 0 radical (unpaired) electrons. The number of hydrogen-bond donors (Lipinski definition) is 0. The van der Waals surface area contributed by atoms with Crippen LogP contribution in [0.5, 0.6) is 0 Å². The third kappa shape index (κ3) is 4.03. The van der Waals surface area contributed by atoms with Crippen molar-refractivity contribution >= 4 is 17.8 Å². The lowest BCUT2D eigenvalue weighted by Gasteiger charge is -2.07. The maximum atomic E-state index is 12.5. The molecular weight excluding hydrogens is 352 g/mol. The van der Waals surface area contributed by atoms with E-state index in [4.69, 9.17) is 4.74 Å². The number of carbonyl (C=O) groups excluding carboxylic acids is 2. The summed E-state index contributed by atoms with van der Waals surface area (Å²) in [6.07, 6.45) is 7.39. The zero-order valence-electron chi connectivity index (χ0n) is 17.1. The first-order chi connectivity index (χ1) is 13.3. The minimum atomic E-state index is -0.510. The van der Waals surface area contributed by atoms with Crippen molar-refractivity contribution in [2.24, 2.45) is 0 Å². The summed E-state index contributed by atoms with van der Waals surface area (Å²) >= 11 is 0. The molecule has 0 aliphatic heterocycles. The average Bonchev–Trinajstić information content (AvgIpc) is 3.39. The lowest BCUT2D eigenvalue weighted by Crippen LogP contribution is -2.13. The van der Waals surface area contributed by atoms with E-state index in [1.807, 2.05) is 24.5 Å². The number of aryl methyl sites for hydroxylation is 2. The minimum absolute atomic E-state index is 0.197. The van der Waals surface area contributed by atoms with Gasteiger partial charge in [0.25, 0.3) is 0 Å². The van der Waals surface area contributed by atoms with Crippen LogP contribution in [0.3, 0.4) is 0 Å². The number of esters is 1. The van der Waals surface area contributed by atoms with Crippen LogP contribution in [0.25, 0.3) is 6.08 Å². The van der Waals surface area contributed by atoms with Gasteiger partial charge in [-0.2, -0.15) is 0 Å². The van der Waals surface area contributed by atoms with E-state index in [1.165, 1.54) is 24.6 Å². The van der Waals surface area contributed by atoms with Crippen molar-refractivity contribution in [3.63, 3.8) is 0 Å². The fraction of sp³-hybridized carbons (Fsp3) is 0.391. The lowest BCUT2D eigenvalue weighted by atomic mass is 10.1. The highest BCUT2D eigenvalue weighted by Gasteiger charge is 2.26. The molecule has 2 aromatic rings. The van der Waals surface area contributed by atoms with Gasteiger partial charge in [-0.25, -0.2) is 4.79 Å². The van der Waals surface area contributed by atoms with Gasteiger partial charge in [0.05, 0.1) is 0 Å². The maximum absolute atomic E-state index is 12.5. The molecule has 5 heteroatoms. The normalized spacial score (nSPS) is 13.9. The summed E-state index contributed by atoms with van der Waals surface area (Å²) in [5.74, 6) is -0.707. The third-order valence-corrected chi connectivity index (χ3v) is 5.37. The van der Waals surface area contributed by atoms with Crippen LogP contribution in [0, 0.1) is 27.7 Å². The molecule has 2 aromatic heterocycles. The Morgan fingerprint density at radius 1 is 1.14 bits per heavy atom. The molecule has 1 aliphatic rings. The van der Waals surface area contributed by atoms with E-state index in [0.717, 1.165) is 22.6 Å². The van der Waals surface area contributed by atoms with Crippen molar-refractivity contribution in [3.05, 3.63) is 64.8 Å². The van der Waals surface area contributed by atoms with Gasteiger partial charge in [-0.15, -0.1) is 6.58 Å². The molecule has 0 amide bonds. The quantitative estimate of drug-likeness (QED) is 0.294. The Kier molecular flexibility index (Phi) is 5.73. The Bertz CT molecular complexity index is 955. The maximum Gasteiger partial charge on any atom is 0.331 e. The molecule has 1 saturated carbocycles. The van der Waals surface area contributed by atoms with E-state index in [0.29, 0.717) is 18.2 Å². The summed E-state index contributed by atoms with van der Waals surface area (Å²) in [4.78, 5) is 24.5. The molecular formula is C23H28N2O3. The number of allylic oxidation sites excluding steroid dienone is 1. The molecule has 2 heterocycles. The second-order valence-electron chi connectivity index (χ2n) is 7.48. The number of Topliss-reactive ketones (excluding diaryl/α,β-unsaturated/α-hetero) is 1. The highest BCUT2D eigenvalue weighted by Crippen LogP contribution is 2.38. The van der Waals surface area contributed by atoms with Crippen LogP contribution in [0.1, 0.15) is 57.6 Å². The molecule has 0 N–H and O–H groups in total. The smallest absolute Gasteiger partial charge is 0.331 e. The average molecular weight is 380 g/mol. The van der Waals surface area contributed by atoms with E-state index in [2.05, 4.69) is 31.1 Å². The van der Waals surface area contributed by atoms with E-state index in [1.54, 1.807) is 12.2 Å². The number of ether oxygens (including phenoxy) is 1. The Balaban J connectivity index is 1.61. The van der Waals surface area contributed by atoms with Crippen molar-refractivity contribution < 1.29 is 14.3 Å². The second-order valence-corrected chi connectivity index (χ2v) is 7.48. The molecule has 148 valence electrons. The third-order valence-electron chi connectivity index (χ3n) is 5.37. The number of rotatable bonds is 8. The first-order valence-corrected chi connectivity index (χ1v) is 9.67. The van der Waals surface area contributed by atoms with Gasteiger partial charge in [0.15, 0.2) is 6.61 Å². The van der Waals surface area contributed by atoms with Gasteiger partial charge in [0.1, 0.15) is 0 Å². The summed E-state index contributed by atoms with van der Waals surface area (Å²) in [6, 6.07) is 4.51. The predicted octanol–water partition coefficient (Wildman–Crippen LogP) is 4.48. The van der Waals surface area contributed by atoms with E-state index >= 15 is 0 Å². The van der Waals surface area contributed by atoms with Gasteiger partial charge >= 0.3 is 5.97 Å². The molecule has 0 bridgehead atoms. The molecule has 0 unspecified atom stereocenters. The lowest BCUT2D eigenvalue weighted by molar-refractivity contribution is -0.136. The monoisotopic (exact) mass is 380 g/mol. The summed E-state index contributed by atoms with van der Waals surface area (Å²) in [5, 5.41) is 0. The standard InChI is InChI=1S/C23H28N2O3/c1-6-11-24-15(2)13-21(18(24)5)22(26)14-28-23(27)10-7-19-12-16(3)25(17(19)4)20-8-9-20/h6-7,10,12-13,20H,1,8-9,11,14H2,2-5H3/b10-7+. The van der Waals surface area contributed by atoms with Gasteiger partial charge in [0.2, 0.25) is 5.78 Å². The summed E-state index contributed by atoms with van der Waals surface area (Å²) < 4.78 is 9.51. The van der Waals surface area contributed by atoms with Crippen molar-refractivity contribution in [1.82, 2.24) is 9.13 Å². The van der Waals surface area contributed by atoms with Crippen molar-refractivity contribution in [2.75, 3.05) is 6.61 Å². The van der Waals surface area contributed by atoms with Crippen molar-refractivity contribution in [2.45, 2.75) is 53.1 Å². The highest BCUT2D eigenvalue weighted by molar-refractivity contribution is 6.00. The fourth-order valence-corrected chi connectivity index (χ4v) is 3.78. The molecule has 3 rings (SSSR count). The predicted molar refractivity (Wildman–Crippen MR) is 111 cm³/mol. The van der Waals surface area contributed by atoms with Gasteiger partial charge in [-0.05, 0) is 64.3 Å². The number of aromatic nitrogens is 2. The molecule has 5 nitrogen and oxygen atoms in total. The summed E-state index contributed by atoms with van der Waals surface area (Å²) in [7, 11) is 0. The zero-order valence-corrected chi connectivity index (χ0v) is 17.1. The van der Waals surface area contributed by atoms with Crippen LogP contribution in [0.4, 0.5) is 0 Å². The Morgan fingerprint density at radius 3 is 2.50 bits per heavy atom. The first-order valence-electron chi connectivity index (χ1n) is 9.67. The molecule has 0 spiro atoms. The van der Waals surface area contributed by atoms with Crippen LogP contribution in [-0.4, -0.2) is 27.5 Å². The van der Waals surface area contributed by atoms with Crippen LogP contribution in [0.15, 0.2) is 30.9 Å². The molecule has 0 atom stereocenters. The number of ketones is 1. The largest absolute Gasteiger partial charge is 0.454 e. The number of carbonyl (C=O) groups is 2. The molecule has 1 fully saturated rings. The van der Waals surface area contributed by atoms with E-state index in [9.17, 15) is 9.59 Å². The number of hydrogen-bond acceptors (Lipinski definition) is 3. The second kappa shape index (κ2) is 8.05. The summed E-state index contributed by atoms with van der Waals surface area (Å²) in [5.41, 5.74) is 5.82.